The molecule has 6 heteroatoms. The quantitative estimate of drug-likeness (QED) is 0.596. The van der Waals surface area contributed by atoms with Crippen LogP contribution in [0.5, 0.6) is 0 Å². The van der Waals surface area contributed by atoms with E-state index < -0.39 is 36.7 Å². The lowest BCUT2D eigenvalue weighted by Gasteiger charge is -2.38. The summed E-state index contributed by atoms with van der Waals surface area (Å²) in [4.78, 5) is 11.2. The van der Waals surface area contributed by atoms with Crippen LogP contribution < -0.4 is 0 Å². The minimum Gasteiger partial charge on any atom is -0.455 e. The summed E-state index contributed by atoms with van der Waals surface area (Å²) in [5, 5.41) is 18.7. The Labute approximate surface area is 93.1 Å². The molecule has 0 bridgehead atoms. The molecule has 2 heterocycles. The van der Waals surface area contributed by atoms with E-state index in [1.807, 2.05) is 13.8 Å². The second-order valence-electron chi connectivity index (χ2n) is 4.42. The number of fused-ring (bicyclic) bond motifs is 1. The van der Waals surface area contributed by atoms with Crippen molar-refractivity contribution in [1.82, 2.24) is 0 Å². The van der Waals surface area contributed by atoms with Crippen molar-refractivity contribution in [2.45, 2.75) is 44.6 Å². The van der Waals surface area contributed by atoms with Gasteiger partial charge < -0.3 is 24.4 Å². The van der Waals surface area contributed by atoms with Crippen molar-refractivity contribution in [1.29, 1.82) is 0 Å². The number of hydrogen-bond acceptors (Lipinski definition) is 6. The van der Waals surface area contributed by atoms with Crippen molar-refractivity contribution in [2.75, 3.05) is 6.61 Å². The minimum atomic E-state index is -1.29. The van der Waals surface area contributed by atoms with Crippen LogP contribution in [0.25, 0.3) is 0 Å². The highest BCUT2D eigenvalue weighted by Gasteiger charge is 2.53. The van der Waals surface area contributed by atoms with Gasteiger partial charge in [-0.2, -0.15) is 0 Å². The fourth-order valence-corrected chi connectivity index (χ4v) is 1.92. The van der Waals surface area contributed by atoms with Gasteiger partial charge >= 0.3 is 5.97 Å². The predicted octanol–water partition coefficient (Wildman–Crippen LogP) is -0.969. The first-order valence-corrected chi connectivity index (χ1v) is 5.35. The van der Waals surface area contributed by atoms with Crippen molar-refractivity contribution in [3.05, 3.63) is 0 Å². The monoisotopic (exact) mass is 232 g/mol. The van der Waals surface area contributed by atoms with Crippen LogP contribution in [0.15, 0.2) is 0 Å². The molecular formula is C10H16O6. The summed E-state index contributed by atoms with van der Waals surface area (Å²) >= 11 is 0. The van der Waals surface area contributed by atoms with Crippen LogP contribution in [-0.4, -0.2) is 53.5 Å². The highest BCUT2D eigenvalue weighted by molar-refractivity contribution is 5.78. The molecule has 0 amide bonds. The number of esters is 1. The van der Waals surface area contributed by atoms with Crippen molar-refractivity contribution >= 4 is 5.97 Å². The Morgan fingerprint density at radius 1 is 1.31 bits per heavy atom. The lowest BCUT2D eigenvalue weighted by atomic mass is 10.0. The van der Waals surface area contributed by atoms with Crippen molar-refractivity contribution in [2.24, 2.45) is 5.92 Å². The summed E-state index contributed by atoms with van der Waals surface area (Å²) in [6.45, 7) is 3.51. The Hall–Kier alpha value is -0.690. The summed E-state index contributed by atoms with van der Waals surface area (Å²) in [5.41, 5.74) is 0. The molecule has 0 aromatic carbocycles. The first-order chi connectivity index (χ1) is 7.54. The molecule has 2 aliphatic heterocycles. The van der Waals surface area contributed by atoms with Gasteiger partial charge in [0.2, 0.25) is 0 Å². The van der Waals surface area contributed by atoms with E-state index in [0.717, 1.165) is 0 Å². The van der Waals surface area contributed by atoms with Crippen LogP contribution in [0.4, 0.5) is 0 Å². The number of aliphatic hydroxyl groups excluding tert-OH is 2. The zero-order valence-electron chi connectivity index (χ0n) is 9.20. The van der Waals surface area contributed by atoms with Crippen molar-refractivity contribution in [3.63, 3.8) is 0 Å². The summed E-state index contributed by atoms with van der Waals surface area (Å²) in [6, 6.07) is 0. The van der Waals surface area contributed by atoms with Crippen LogP contribution in [0, 0.1) is 5.92 Å². The molecule has 2 saturated heterocycles. The first kappa shape index (κ1) is 11.8. The van der Waals surface area contributed by atoms with Gasteiger partial charge in [-0.05, 0) is 0 Å². The fourth-order valence-electron chi connectivity index (χ4n) is 1.92. The van der Waals surface area contributed by atoms with Crippen molar-refractivity contribution in [3.8, 4) is 0 Å². The Bertz CT molecular complexity index is 278. The largest absolute Gasteiger partial charge is 0.455 e. The zero-order chi connectivity index (χ0) is 11.9. The molecule has 92 valence electrons. The average molecular weight is 232 g/mol. The molecule has 2 fully saturated rings. The van der Waals surface area contributed by atoms with Crippen LogP contribution in [0.2, 0.25) is 0 Å². The van der Waals surface area contributed by atoms with E-state index in [1.54, 1.807) is 0 Å². The van der Waals surface area contributed by atoms with Gasteiger partial charge in [0.15, 0.2) is 18.5 Å². The van der Waals surface area contributed by atoms with Gasteiger partial charge in [-0.15, -0.1) is 0 Å². The van der Waals surface area contributed by atoms with Gasteiger partial charge in [-0.3, -0.25) is 0 Å². The number of ether oxygens (including phenoxy) is 3. The molecule has 0 spiro atoms. The number of carbonyl (C=O) groups is 1. The van der Waals surface area contributed by atoms with Crippen LogP contribution in [-0.2, 0) is 19.0 Å². The van der Waals surface area contributed by atoms with E-state index in [0.29, 0.717) is 0 Å². The molecule has 6 nitrogen and oxygen atoms in total. The molecular weight excluding hydrogens is 216 g/mol. The Kier molecular flexibility index (Phi) is 3.16. The highest BCUT2D eigenvalue weighted by atomic mass is 16.7. The third kappa shape index (κ3) is 1.82. The maximum absolute atomic E-state index is 11.2. The topological polar surface area (TPSA) is 85.2 Å². The van der Waals surface area contributed by atoms with E-state index in [2.05, 4.69) is 0 Å². The maximum atomic E-state index is 11.2. The van der Waals surface area contributed by atoms with Gasteiger partial charge in [-0.1, -0.05) is 13.8 Å². The molecule has 0 radical (unpaired) electrons. The molecule has 1 unspecified atom stereocenters. The second kappa shape index (κ2) is 4.29. The lowest BCUT2D eigenvalue weighted by Crippen LogP contribution is -2.53. The fraction of sp³-hybridized carbons (Fsp3) is 0.900. The van der Waals surface area contributed by atoms with E-state index in [4.69, 9.17) is 19.3 Å². The molecule has 0 aromatic heterocycles. The van der Waals surface area contributed by atoms with Crippen LogP contribution >= 0.6 is 0 Å². The molecule has 16 heavy (non-hydrogen) atoms. The first-order valence-electron chi connectivity index (χ1n) is 5.35. The van der Waals surface area contributed by atoms with Gasteiger partial charge in [0.25, 0.3) is 0 Å². The van der Waals surface area contributed by atoms with E-state index in [9.17, 15) is 9.90 Å². The Balaban J connectivity index is 2.16. The van der Waals surface area contributed by atoms with E-state index >= 15 is 0 Å². The van der Waals surface area contributed by atoms with E-state index in [1.165, 1.54) is 0 Å². The lowest BCUT2D eigenvalue weighted by molar-refractivity contribution is -0.296. The van der Waals surface area contributed by atoms with Gasteiger partial charge in [-0.25, -0.2) is 4.79 Å². The van der Waals surface area contributed by atoms with Gasteiger partial charge in [0.05, 0.1) is 6.61 Å². The summed E-state index contributed by atoms with van der Waals surface area (Å²) < 4.78 is 15.8. The molecule has 0 aliphatic carbocycles. The summed E-state index contributed by atoms with van der Waals surface area (Å²) in [5.74, 6) is -0.653. The molecule has 2 rings (SSSR count). The van der Waals surface area contributed by atoms with Gasteiger partial charge in [0.1, 0.15) is 12.2 Å². The van der Waals surface area contributed by atoms with Crippen LogP contribution in [0.1, 0.15) is 13.8 Å². The summed E-state index contributed by atoms with van der Waals surface area (Å²) in [6.07, 6.45) is -3.92. The summed E-state index contributed by atoms with van der Waals surface area (Å²) in [7, 11) is 0. The number of hydrogen-bond donors (Lipinski definition) is 2. The third-order valence-corrected chi connectivity index (χ3v) is 2.82. The normalized spacial score (nSPS) is 43.3. The molecule has 2 aliphatic rings. The molecule has 2 N–H and O–H groups in total. The zero-order valence-corrected chi connectivity index (χ0v) is 9.20. The number of rotatable bonds is 2. The van der Waals surface area contributed by atoms with Gasteiger partial charge in [0, 0.05) is 5.92 Å². The van der Waals surface area contributed by atoms with Crippen LogP contribution in [0.3, 0.4) is 0 Å². The smallest absolute Gasteiger partial charge is 0.338 e. The molecule has 5 atom stereocenters. The second-order valence-corrected chi connectivity index (χ2v) is 4.42. The third-order valence-electron chi connectivity index (χ3n) is 2.82. The molecule has 0 aromatic rings. The highest BCUT2D eigenvalue weighted by Crippen LogP contribution is 2.32. The minimum absolute atomic E-state index is 0.0675. The maximum Gasteiger partial charge on any atom is 0.338 e. The SMILES string of the molecule is CC(C)C1O[C@H]2[C@H](OC(=O)[C@H]2O)[C@H](CO)O1. The Morgan fingerprint density at radius 3 is 2.56 bits per heavy atom. The Morgan fingerprint density at radius 2 is 2.00 bits per heavy atom. The predicted molar refractivity (Wildman–Crippen MR) is 51.3 cm³/mol. The van der Waals surface area contributed by atoms with Crippen molar-refractivity contribution < 1.29 is 29.2 Å². The standard InChI is InChI=1S/C10H16O6/c1-4(2)10-14-5(3-11)7-8(16-10)6(12)9(13)15-7/h4-8,10-12H,3H2,1-2H3/t5-,6-,7+,8+,10?/m0/s1. The van der Waals surface area contributed by atoms with E-state index in [-0.39, 0.29) is 12.5 Å². The average Bonchev–Trinajstić information content (AvgIpc) is 2.54. The number of aliphatic hydroxyl groups is 2. The number of carbonyl (C=O) groups excluding carboxylic acids is 1. The molecule has 0 saturated carbocycles.